The Morgan fingerprint density at radius 3 is 2.61 bits per heavy atom. The van der Waals surface area contributed by atoms with Gasteiger partial charge in [0.25, 0.3) is 0 Å². The van der Waals surface area contributed by atoms with Gasteiger partial charge in [0, 0.05) is 25.7 Å². The van der Waals surface area contributed by atoms with Gasteiger partial charge in [0.2, 0.25) is 0 Å². The number of carbonyl (C=O) groups excluding carboxylic acids is 1. The van der Waals surface area contributed by atoms with Gasteiger partial charge >= 0.3 is 12.0 Å². The number of rotatable bonds is 4. The first-order chi connectivity index (χ1) is 8.45. The molecule has 1 unspecified atom stereocenters. The molecule has 2 amide bonds. The highest BCUT2D eigenvalue weighted by atomic mass is 16.4. The van der Waals surface area contributed by atoms with Crippen molar-refractivity contribution in [1.82, 2.24) is 15.1 Å². The lowest BCUT2D eigenvalue weighted by Gasteiger charge is -2.38. The smallest absolute Gasteiger partial charge is 0.326 e. The molecule has 0 aromatic rings. The molecule has 1 heterocycles. The average molecular weight is 257 g/mol. The Bertz CT molecular complexity index is 309. The van der Waals surface area contributed by atoms with Gasteiger partial charge in [-0.05, 0) is 20.4 Å². The van der Waals surface area contributed by atoms with E-state index in [-0.39, 0.29) is 12.1 Å². The van der Waals surface area contributed by atoms with E-state index in [0.717, 1.165) is 19.5 Å². The Labute approximate surface area is 108 Å². The first-order valence-electron chi connectivity index (χ1n) is 6.44. The number of hydrogen-bond acceptors (Lipinski definition) is 3. The van der Waals surface area contributed by atoms with Crippen molar-refractivity contribution in [2.75, 3.05) is 26.7 Å². The van der Waals surface area contributed by atoms with Crippen LogP contribution in [-0.2, 0) is 4.79 Å². The maximum absolute atomic E-state index is 12.0. The van der Waals surface area contributed by atoms with E-state index >= 15 is 0 Å². The number of amides is 2. The molecule has 1 rings (SSSR count). The highest BCUT2D eigenvalue weighted by Gasteiger charge is 2.28. The monoisotopic (exact) mass is 257 g/mol. The highest BCUT2D eigenvalue weighted by molar-refractivity contribution is 5.82. The van der Waals surface area contributed by atoms with Crippen molar-refractivity contribution in [1.29, 1.82) is 0 Å². The summed E-state index contributed by atoms with van der Waals surface area (Å²) in [4.78, 5) is 26.9. The lowest BCUT2D eigenvalue weighted by Crippen LogP contribution is -2.57. The first-order valence-corrected chi connectivity index (χ1v) is 6.44. The summed E-state index contributed by atoms with van der Waals surface area (Å²) in [5, 5.41) is 11.6. The number of carboxylic acids is 1. The van der Waals surface area contributed by atoms with Crippen LogP contribution in [0.25, 0.3) is 0 Å². The van der Waals surface area contributed by atoms with Crippen LogP contribution in [0, 0.1) is 0 Å². The molecule has 0 aliphatic carbocycles. The van der Waals surface area contributed by atoms with Gasteiger partial charge in [-0.25, -0.2) is 9.59 Å². The molecule has 0 spiro atoms. The average Bonchev–Trinajstić information content (AvgIpc) is 2.27. The molecule has 1 aliphatic rings. The molecule has 0 aromatic carbocycles. The third-order valence-electron chi connectivity index (χ3n) is 3.26. The number of nitrogens with zero attached hydrogens (tertiary/aromatic N) is 2. The summed E-state index contributed by atoms with van der Waals surface area (Å²) in [6.07, 6.45) is 1.19. The highest BCUT2D eigenvalue weighted by Crippen LogP contribution is 2.09. The fraction of sp³-hybridized carbons (Fsp3) is 0.833. The van der Waals surface area contributed by atoms with E-state index in [9.17, 15) is 9.59 Å². The predicted molar refractivity (Wildman–Crippen MR) is 68.5 cm³/mol. The summed E-state index contributed by atoms with van der Waals surface area (Å²) in [7, 11) is 2.02. The van der Waals surface area contributed by atoms with E-state index in [1.165, 1.54) is 0 Å². The Morgan fingerprint density at radius 1 is 1.44 bits per heavy atom. The Hall–Kier alpha value is -1.30. The van der Waals surface area contributed by atoms with E-state index in [4.69, 9.17) is 5.11 Å². The minimum atomic E-state index is -0.966. The van der Waals surface area contributed by atoms with Crippen LogP contribution < -0.4 is 5.32 Å². The van der Waals surface area contributed by atoms with E-state index < -0.39 is 12.0 Å². The summed E-state index contributed by atoms with van der Waals surface area (Å²) >= 11 is 0. The van der Waals surface area contributed by atoms with Crippen molar-refractivity contribution in [2.45, 2.75) is 38.8 Å². The number of aliphatic carboxylic acids is 1. The van der Waals surface area contributed by atoms with Gasteiger partial charge < -0.3 is 20.2 Å². The van der Waals surface area contributed by atoms with Crippen LogP contribution in [-0.4, -0.2) is 65.7 Å². The number of likely N-dealkylation sites (N-methyl/N-ethyl adjacent to an activating group) is 1. The minimum Gasteiger partial charge on any atom is -0.480 e. The first kappa shape index (κ1) is 14.8. The van der Waals surface area contributed by atoms with E-state index in [1.807, 2.05) is 20.9 Å². The Kier molecular flexibility index (Phi) is 5.40. The second-order valence-corrected chi connectivity index (χ2v) is 4.93. The van der Waals surface area contributed by atoms with Crippen LogP contribution in [0.4, 0.5) is 4.79 Å². The second kappa shape index (κ2) is 6.58. The SMILES string of the molecule is CCC[C@H](NC(=O)N1CCN(C)CC1C)C(=O)O. The van der Waals surface area contributed by atoms with E-state index in [2.05, 4.69) is 10.2 Å². The zero-order chi connectivity index (χ0) is 13.7. The van der Waals surface area contributed by atoms with Crippen LogP contribution in [0.2, 0.25) is 0 Å². The molecule has 0 bridgehead atoms. The van der Waals surface area contributed by atoms with E-state index in [1.54, 1.807) is 4.90 Å². The Balaban J connectivity index is 2.55. The third-order valence-corrected chi connectivity index (χ3v) is 3.26. The third kappa shape index (κ3) is 3.87. The summed E-state index contributed by atoms with van der Waals surface area (Å²) < 4.78 is 0. The van der Waals surface area contributed by atoms with Crippen molar-refractivity contribution in [3.8, 4) is 0 Å². The molecule has 0 radical (unpaired) electrons. The number of carbonyl (C=O) groups is 2. The fourth-order valence-electron chi connectivity index (χ4n) is 2.22. The van der Waals surface area contributed by atoms with Gasteiger partial charge in [-0.3, -0.25) is 0 Å². The lowest BCUT2D eigenvalue weighted by molar-refractivity contribution is -0.139. The predicted octanol–water partition coefficient (Wildman–Crippen LogP) is 0.585. The number of piperazine rings is 1. The van der Waals surface area contributed by atoms with Gasteiger partial charge in [-0.1, -0.05) is 13.3 Å². The molecular formula is C12H23N3O3. The molecule has 1 saturated heterocycles. The zero-order valence-corrected chi connectivity index (χ0v) is 11.3. The van der Waals surface area contributed by atoms with Gasteiger partial charge in [0.1, 0.15) is 6.04 Å². The Morgan fingerprint density at radius 2 is 2.11 bits per heavy atom. The standard InChI is InChI=1S/C12H23N3O3/c1-4-5-10(11(16)17)13-12(18)15-7-6-14(3)8-9(15)2/h9-10H,4-8H2,1-3H3,(H,13,18)(H,16,17)/t9?,10-/m0/s1. The summed E-state index contributed by atoms with van der Waals surface area (Å²) in [5.74, 6) is -0.966. The number of nitrogens with one attached hydrogen (secondary N) is 1. The number of carboxylic acid groups (broad SMARTS) is 1. The minimum absolute atomic E-state index is 0.111. The van der Waals surface area contributed by atoms with Crippen LogP contribution in [0.1, 0.15) is 26.7 Å². The van der Waals surface area contributed by atoms with E-state index in [0.29, 0.717) is 13.0 Å². The van der Waals surface area contributed by atoms with Crippen molar-refractivity contribution in [3.63, 3.8) is 0 Å². The molecule has 0 saturated carbocycles. The van der Waals surface area contributed by atoms with Gasteiger partial charge in [0.15, 0.2) is 0 Å². The van der Waals surface area contributed by atoms with Crippen molar-refractivity contribution >= 4 is 12.0 Å². The van der Waals surface area contributed by atoms with Crippen LogP contribution in [0.15, 0.2) is 0 Å². The molecule has 0 aromatic heterocycles. The van der Waals surface area contributed by atoms with Crippen LogP contribution in [0.5, 0.6) is 0 Å². The van der Waals surface area contributed by atoms with Gasteiger partial charge in [-0.2, -0.15) is 0 Å². The lowest BCUT2D eigenvalue weighted by atomic mass is 10.1. The van der Waals surface area contributed by atoms with Crippen molar-refractivity contribution < 1.29 is 14.7 Å². The summed E-state index contributed by atoms with van der Waals surface area (Å²) in [5.41, 5.74) is 0. The van der Waals surface area contributed by atoms with Crippen LogP contribution >= 0.6 is 0 Å². The summed E-state index contributed by atoms with van der Waals surface area (Å²) in [6, 6.07) is -0.939. The molecule has 6 nitrogen and oxygen atoms in total. The number of urea groups is 1. The molecule has 2 atom stereocenters. The molecule has 1 aliphatic heterocycles. The quantitative estimate of drug-likeness (QED) is 0.773. The normalized spacial score (nSPS) is 22.6. The number of hydrogen-bond donors (Lipinski definition) is 2. The maximum atomic E-state index is 12.0. The zero-order valence-electron chi connectivity index (χ0n) is 11.3. The summed E-state index contributed by atoms with van der Waals surface area (Å²) in [6.45, 7) is 6.16. The van der Waals surface area contributed by atoms with Crippen LogP contribution in [0.3, 0.4) is 0 Å². The molecule has 18 heavy (non-hydrogen) atoms. The maximum Gasteiger partial charge on any atom is 0.326 e. The topological polar surface area (TPSA) is 72.9 Å². The molecular weight excluding hydrogens is 234 g/mol. The second-order valence-electron chi connectivity index (χ2n) is 4.93. The molecule has 6 heteroatoms. The molecule has 2 N–H and O–H groups in total. The molecule has 1 fully saturated rings. The van der Waals surface area contributed by atoms with Gasteiger partial charge in [0.05, 0.1) is 0 Å². The fourth-order valence-corrected chi connectivity index (χ4v) is 2.22. The van der Waals surface area contributed by atoms with Crippen molar-refractivity contribution in [3.05, 3.63) is 0 Å². The largest absolute Gasteiger partial charge is 0.480 e. The molecule has 104 valence electrons. The van der Waals surface area contributed by atoms with Gasteiger partial charge in [-0.15, -0.1) is 0 Å². The van der Waals surface area contributed by atoms with Crippen molar-refractivity contribution in [2.24, 2.45) is 0 Å².